The van der Waals surface area contributed by atoms with E-state index in [1.165, 1.54) is 0 Å². The van der Waals surface area contributed by atoms with E-state index < -0.39 is 24.4 Å². The molecule has 0 radical (unpaired) electrons. The third-order valence-electron chi connectivity index (χ3n) is 5.32. The smallest absolute Gasteiger partial charge is 0.110 e. The van der Waals surface area contributed by atoms with Crippen molar-refractivity contribution in [3.63, 3.8) is 0 Å². The summed E-state index contributed by atoms with van der Waals surface area (Å²) in [4.78, 5) is 0. The highest BCUT2D eigenvalue weighted by Crippen LogP contribution is 2.48. The minimum absolute atomic E-state index is 0.581. The van der Waals surface area contributed by atoms with E-state index in [4.69, 9.17) is 0 Å². The Labute approximate surface area is 137 Å². The van der Waals surface area contributed by atoms with Gasteiger partial charge >= 0.3 is 0 Å². The first kappa shape index (κ1) is 14.1. The van der Waals surface area contributed by atoms with Crippen molar-refractivity contribution in [2.75, 3.05) is 0 Å². The normalized spacial score (nSPS) is 27.8. The maximum absolute atomic E-state index is 10.6. The highest BCUT2D eigenvalue weighted by Gasteiger charge is 2.33. The van der Waals surface area contributed by atoms with E-state index in [1.54, 1.807) is 12.1 Å². The molecule has 0 saturated heterocycles. The predicted octanol–water partition coefficient (Wildman–Crippen LogP) is 2.49. The zero-order valence-electron chi connectivity index (χ0n) is 12.7. The van der Waals surface area contributed by atoms with Gasteiger partial charge in [0.15, 0.2) is 0 Å². The Hall–Kier alpha value is -2.24. The molecule has 0 amide bonds. The summed E-state index contributed by atoms with van der Waals surface area (Å²) in [6.45, 7) is 0. The summed E-state index contributed by atoms with van der Waals surface area (Å²) < 4.78 is 0. The van der Waals surface area contributed by atoms with Crippen molar-refractivity contribution in [1.29, 1.82) is 0 Å². The summed E-state index contributed by atoms with van der Waals surface area (Å²) in [5.41, 5.74) is 2.75. The summed E-state index contributed by atoms with van der Waals surface area (Å²) in [6.07, 6.45) is -0.678. The molecule has 0 unspecified atom stereocenters. The topological polar surface area (TPSA) is 80.9 Å². The molecule has 24 heavy (non-hydrogen) atoms. The molecule has 4 heteroatoms. The van der Waals surface area contributed by atoms with Gasteiger partial charge in [0.2, 0.25) is 0 Å². The SMILES string of the molecule is O[C@@H]1C=Cc2c(cc3c4c2ccc2cccc(c24)[C@H](O)[C@H]3O)[C@H]1O. The van der Waals surface area contributed by atoms with Crippen molar-refractivity contribution < 1.29 is 20.4 Å². The molecule has 0 fully saturated rings. The lowest BCUT2D eigenvalue weighted by Crippen LogP contribution is -2.22. The fraction of sp³-hybridized carbons (Fsp3) is 0.200. The van der Waals surface area contributed by atoms with E-state index in [-0.39, 0.29) is 0 Å². The van der Waals surface area contributed by atoms with E-state index in [0.29, 0.717) is 11.1 Å². The van der Waals surface area contributed by atoms with E-state index in [1.807, 2.05) is 36.4 Å². The molecule has 2 aliphatic rings. The van der Waals surface area contributed by atoms with Gasteiger partial charge in [0.1, 0.15) is 24.4 Å². The summed E-state index contributed by atoms with van der Waals surface area (Å²) >= 11 is 0. The molecule has 0 spiro atoms. The second-order valence-electron chi connectivity index (χ2n) is 6.59. The highest BCUT2D eigenvalue weighted by atomic mass is 16.3. The van der Waals surface area contributed by atoms with Crippen LogP contribution in [-0.2, 0) is 0 Å². The predicted molar refractivity (Wildman–Crippen MR) is 91.4 cm³/mol. The molecule has 5 rings (SSSR count). The van der Waals surface area contributed by atoms with E-state index >= 15 is 0 Å². The average Bonchev–Trinajstić information content (AvgIpc) is 2.61. The Balaban J connectivity index is 2.02. The van der Waals surface area contributed by atoms with Crippen molar-refractivity contribution in [2.24, 2.45) is 0 Å². The van der Waals surface area contributed by atoms with Crippen LogP contribution in [0.1, 0.15) is 40.6 Å². The Morgan fingerprint density at radius 2 is 1.50 bits per heavy atom. The molecular weight excluding hydrogens is 304 g/mol. The quantitative estimate of drug-likeness (QED) is 0.480. The number of aliphatic hydroxyl groups is 4. The zero-order chi connectivity index (χ0) is 16.6. The molecule has 4 atom stereocenters. The van der Waals surface area contributed by atoms with Gasteiger partial charge in [-0.3, -0.25) is 0 Å². The van der Waals surface area contributed by atoms with Crippen LogP contribution < -0.4 is 0 Å². The van der Waals surface area contributed by atoms with Crippen LogP contribution in [0.25, 0.3) is 27.6 Å². The van der Waals surface area contributed by atoms with Crippen LogP contribution in [0, 0.1) is 0 Å². The van der Waals surface area contributed by atoms with E-state index in [0.717, 1.165) is 32.7 Å². The van der Waals surface area contributed by atoms with Crippen molar-refractivity contribution in [1.82, 2.24) is 0 Å². The van der Waals surface area contributed by atoms with Gasteiger partial charge in [0.05, 0.1) is 0 Å². The first-order valence-electron chi connectivity index (χ1n) is 8.00. The maximum atomic E-state index is 10.6. The Bertz CT molecular complexity index is 1040. The molecule has 0 bridgehead atoms. The van der Waals surface area contributed by atoms with Gasteiger partial charge in [0, 0.05) is 0 Å². The number of fused-ring (bicyclic) bond motifs is 2. The van der Waals surface area contributed by atoms with Crippen LogP contribution in [0.3, 0.4) is 0 Å². The monoisotopic (exact) mass is 320 g/mol. The molecular formula is C20H16O4. The molecule has 0 heterocycles. The van der Waals surface area contributed by atoms with Crippen LogP contribution >= 0.6 is 0 Å². The molecule has 120 valence electrons. The van der Waals surface area contributed by atoms with Crippen molar-refractivity contribution in [3.05, 3.63) is 64.7 Å². The summed E-state index contributed by atoms with van der Waals surface area (Å²) in [5, 5.41) is 45.2. The van der Waals surface area contributed by atoms with Crippen molar-refractivity contribution in [3.8, 4) is 0 Å². The van der Waals surface area contributed by atoms with Gasteiger partial charge in [-0.25, -0.2) is 0 Å². The van der Waals surface area contributed by atoms with Crippen molar-refractivity contribution in [2.45, 2.75) is 24.4 Å². The summed E-state index contributed by atoms with van der Waals surface area (Å²) in [6, 6.07) is 11.4. The van der Waals surface area contributed by atoms with Gasteiger partial charge in [-0.2, -0.15) is 0 Å². The number of rotatable bonds is 0. The molecule has 2 aliphatic carbocycles. The fourth-order valence-electron chi connectivity index (χ4n) is 4.14. The van der Waals surface area contributed by atoms with Gasteiger partial charge in [-0.05, 0) is 49.9 Å². The zero-order valence-corrected chi connectivity index (χ0v) is 12.7. The van der Waals surface area contributed by atoms with E-state index in [2.05, 4.69) is 0 Å². The van der Waals surface area contributed by atoms with Gasteiger partial charge in [-0.15, -0.1) is 0 Å². The molecule has 0 aromatic heterocycles. The molecule has 3 aromatic carbocycles. The third kappa shape index (κ3) is 1.61. The van der Waals surface area contributed by atoms with Crippen LogP contribution in [0.2, 0.25) is 0 Å². The largest absolute Gasteiger partial charge is 0.386 e. The van der Waals surface area contributed by atoms with Gasteiger partial charge < -0.3 is 20.4 Å². The molecule has 3 aromatic rings. The Morgan fingerprint density at radius 1 is 0.708 bits per heavy atom. The third-order valence-corrected chi connectivity index (χ3v) is 5.32. The van der Waals surface area contributed by atoms with Crippen molar-refractivity contribution >= 4 is 27.6 Å². The van der Waals surface area contributed by atoms with Crippen LogP contribution in [-0.4, -0.2) is 26.5 Å². The number of aliphatic hydroxyl groups excluding tert-OH is 4. The Morgan fingerprint density at radius 3 is 2.33 bits per heavy atom. The van der Waals surface area contributed by atoms with Crippen LogP contribution in [0.5, 0.6) is 0 Å². The first-order valence-corrected chi connectivity index (χ1v) is 8.00. The van der Waals surface area contributed by atoms with E-state index in [9.17, 15) is 20.4 Å². The number of benzene rings is 3. The second-order valence-corrected chi connectivity index (χ2v) is 6.59. The average molecular weight is 320 g/mol. The van der Waals surface area contributed by atoms with Gasteiger partial charge in [0.25, 0.3) is 0 Å². The summed E-state index contributed by atoms with van der Waals surface area (Å²) in [7, 11) is 0. The lowest BCUT2D eigenvalue weighted by atomic mass is 9.78. The minimum Gasteiger partial charge on any atom is -0.386 e. The lowest BCUT2D eigenvalue weighted by molar-refractivity contribution is 0.0172. The first-order chi connectivity index (χ1) is 11.6. The number of hydrogen-bond acceptors (Lipinski definition) is 4. The maximum Gasteiger partial charge on any atom is 0.110 e. The minimum atomic E-state index is -1.06. The second kappa shape index (κ2) is 4.65. The highest BCUT2D eigenvalue weighted by molar-refractivity contribution is 6.14. The standard InChI is InChI=1S/C20H16O4/c21-15-7-6-10-11-5-4-9-2-1-3-12-16(9)17(11)14(20(24)19(12)23)8-13(10)18(15)22/h1-8,15,18-24H/t15-,18-,19+,20+/m1/s1. The summed E-state index contributed by atoms with van der Waals surface area (Å²) in [5.74, 6) is 0. The number of hydrogen-bond donors (Lipinski definition) is 4. The van der Waals surface area contributed by atoms with Crippen LogP contribution in [0.4, 0.5) is 0 Å². The molecule has 4 N–H and O–H groups in total. The molecule has 0 saturated carbocycles. The molecule has 4 nitrogen and oxygen atoms in total. The molecule has 0 aliphatic heterocycles. The fourth-order valence-corrected chi connectivity index (χ4v) is 4.14. The Kier molecular flexibility index (Phi) is 2.74. The lowest BCUT2D eigenvalue weighted by Gasteiger charge is -2.31. The van der Waals surface area contributed by atoms with Gasteiger partial charge in [-0.1, -0.05) is 42.5 Å². The van der Waals surface area contributed by atoms with Crippen LogP contribution in [0.15, 0.2) is 42.5 Å².